The van der Waals surface area contributed by atoms with E-state index in [1.165, 1.54) is 18.2 Å². The Balaban J connectivity index is 0.00000544. The van der Waals surface area contributed by atoms with Gasteiger partial charge in [-0.05, 0) is 24.6 Å². The fourth-order valence-corrected chi connectivity index (χ4v) is 2.42. The molecule has 148 valence electrons. The average Bonchev–Trinajstić information content (AvgIpc) is 2.92. The molecule has 0 spiro atoms. The molecule has 0 radical (unpaired) electrons. The number of halogens is 4. The van der Waals surface area contributed by atoms with E-state index in [2.05, 4.69) is 4.98 Å². The van der Waals surface area contributed by atoms with E-state index in [-0.39, 0.29) is 53.8 Å². The number of benzene rings is 1. The number of fused-ring (bicyclic) bond motifs is 1. The predicted molar refractivity (Wildman–Crippen MR) is 113 cm³/mol. The van der Waals surface area contributed by atoms with E-state index in [1.54, 1.807) is 11.6 Å². The van der Waals surface area contributed by atoms with Crippen molar-refractivity contribution in [1.29, 1.82) is 0 Å². The number of rotatable bonds is 9. The zero-order valence-electron chi connectivity index (χ0n) is 21.6. The molecule has 0 aliphatic heterocycles. The summed E-state index contributed by atoms with van der Waals surface area (Å²) in [5, 5.41) is 8.94. The summed E-state index contributed by atoms with van der Waals surface area (Å²) in [5.74, 6) is -6.94. The van der Waals surface area contributed by atoms with Crippen molar-refractivity contribution in [1.82, 2.24) is 9.55 Å². The summed E-state index contributed by atoms with van der Waals surface area (Å²) in [5.41, 5.74) is 6.06. The first kappa shape index (κ1) is 14.1. The number of imidazole rings is 1. The van der Waals surface area contributed by atoms with Crippen LogP contribution in [-0.4, -0.2) is 51.3 Å². The molecule has 1 heterocycles. The molecule has 0 aliphatic rings. The number of aryl methyl sites for hydroxylation is 2. The van der Waals surface area contributed by atoms with E-state index in [4.69, 9.17) is 45.0 Å². The number of hydrogen-bond donors (Lipinski definition) is 2. The minimum Gasteiger partial charge on any atom is -0.480 e. The molecular formula is C16H24Cl4N4O2. The number of hydrogen-bond acceptors (Lipinski definition) is 4. The third kappa shape index (κ3) is 6.06. The zero-order valence-corrected chi connectivity index (χ0v) is 16.7. The van der Waals surface area contributed by atoms with Crippen LogP contribution in [0.2, 0.25) is 0 Å². The Hall–Kier alpha value is -0.920. The second kappa shape index (κ2) is 11.7. The molecule has 0 aliphatic carbocycles. The van der Waals surface area contributed by atoms with E-state index < -0.39 is 36.7 Å². The molecule has 0 unspecified atom stereocenters. The SMILES string of the molecule is Cl.Cl.[2H]C([2H])(Cl)C([2H])([2H])N(c1ccc2c(c1)nc(CC[C@H](N)C(=O)O)n2C)C([2H])([2H])C([2H])([2H])Cl. The van der Waals surface area contributed by atoms with Crippen LogP contribution >= 0.6 is 48.0 Å². The maximum Gasteiger partial charge on any atom is 0.320 e. The normalized spacial score (nSPS) is 18.3. The minimum absolute atomic E-state index is 0. The van der Waals surface area contributed by atoms with Crippen LogP contribution in [-0.2, 0) is 18.3 Å². The highest BCUT2D eigenvalue weighted by Crippen LogP contribution is 2.23. The van der Waals surface area contributed by atoms with Crippen LogP contribution < -0.4 is 10.6 Å². The van der Waals surface area contributed by atoms with Crippen LogP contribution in [0.25, 0.3) is 11.0 Å². The van der Waals surface area contributed by atoms with Crippen molar-refractivity contribution in [3.8, 4) is 0 Å². The van der Waals surface area contributed by atoms with Crippen LogP contribution in [0.4, 0.5) is 5.69 Å². The van der Waals surface area contributed by atoms with Crippen molar-refractivity contribution in [2.24, 2.45) is 12.8 Å². The van der Waals surface area contributed by atoms with Crippen LogP contribution in [0.5, 0.6) is 0 Å². The number of carboxylic acid groups (broad SMARTS) is 1. The summed E-state index contributed by atoms with van der Waals surface area (Å²) >= 11 is 11.1. The number of carbonyl (C=O) groups is 1. The van der Waals surface area contributed by atoms with E-state index in [0.717, 1.165) is 0 Å². The molecule has 0 fully saturated rings. The Kier molecular flexibility index (Phi) is 6.37. The molecule has 2 aromatic rings. The summed E-state index contributed by atoms with van der Waals surface area (Å²) < 4.78 is 64.8. The average molecular weight is 454 g/mol. The topological polar surface area (TPSA) is 84.4 Å². The third-order valence-corrected chi connectivity index (χ3v) is 3.69. The van der Waals surface area contributed by atoms with Crippen LogP contribution in [0.3, 0.4) is 0 Å². The number of alkyl halides is 2. The Morgan fingerprint density at radius 2 is 2.00 bits per heavy atom. The lowest BCUT2D eigenvalue weighted by Gasteiger charge is -2.22. The van der Waals surface area contributed by atoms with Gasteiger partial charge in [0.05, 0.1) is 16.5 Å². The second-order valence-electron chi connectivity index (χ2n) is 4.99. The molecule has 1 aromatic carbocycles. The molecule has 1 atom stereocenters. The fraction of sp³-hybridized carbons (Fsp3) is 0.500. The Morgan fingerprint density at radius 3 is 2.54 bits per heavy atom. The van der Waals surface area contributed by atoms with E-state index in [0.29, 0.717) is 11.3 Å². The molecule has 3 N–H and O–H groups in total. The number of nitrogens with two attached hydrogens (primary N) is 1. The van der Waals surface area contributed by atoms with Gasteiger partial charge in [-0.25, -0.2) is 4.98 Å². The molecule has 0 amide bonds. The quantitative estimate of drug-likeness (QED) is 0.570. The zero-order chi connectivity index (χ0) is 24.9. The molecule has 0 bridgehead atoms. The summed E-state index contributed by atoms with van der Waals surface area (Å²) in [6, 6.07) is 2.89. The number of anilines is 1. The van der Waals surface area contributed by atoms with Gasteiger partial charge in [0, 0.05) is 49.3 Å². The number of aromatic nitrogens is 2. The van der Waals surface area contributed by atoms with Crippen molar-refractivity contribution in [3.05, 3.63) is 24.0 Å². The van der Waals surface area contributed by atoms with E-state index in [9.17, 15) is 4.79 Å². The maximum atomic E-state index is 10.9. The van der Waals surface area contributed by atoms with Crippen LogP contribution in [0.15, 0.2) is 18.2 Å². The van der Waals surface area contributed by atoms with Crippen molar-refractivity contribution in [2.75, 3.05) is 29.6 Å². The lowest BCUT2D eigenvalue weighted by atomic mass is 10.1. The largest absolute Gasteiger partial charge is 0.480 e. The van der Waals surface area contributed by atoms with Gasteiger partial charge >= 0.3 is 5.97 Å². The predicted octanol–water partition coefficient (Wildman–Crippen LogP) is 3.05. The van der Waals surface area contributed by atoms with E-state index >= 15 is 0 Å². The molecule has 26 heavy (non-hydrogen) atoms. The molecular weight excluding hydrogens is 422 g/mol. The van der Waals surface area contributed by atoms with Gasteiger partial charge in [0.1, 0.15) is 11.9 Å². The molecule has 2 rings (SSSR count). The van der Waals surface area contributed by atoms with Crippen molar-refractivity contribution < 1.29 is 20.9 Å². The number of carboxylic acids is 1. The first-order valence-electron chi connectivity index (χ1n) is 10.9. The van der Waals surface area contributed by atoms with Gasteiger partial charge in [0.15, 0.2) is 0 Å². The fourth-order valence-electron chi connectivity index (χ4n) is 2.25. The molecule has 1 aromatic heterocycles. The molecule has 10 heteroatoms. The van der Waals surface area contributed by atoms with Crippen molar-refractivity contribution in [3.63, 3.8) is 0 Å². The van der Waals surface area contributed by atoms with E-state index in [1.807, 2.05) is 0 Å². The second-order valence-corrected chi connectivity index (χ2v) is 5.37. The standard InChI is InChI=1S/C16H22Cl2N4O2.2ClH/c1-21-14-4-2-11(22(8-6-17)9-7-18)10-13(14)20-15(21)5-3-12(19)16(23)24;;/h2,4,10,12H,3,5-9,19H2,1H3,(H,23,24);2*1H/t12-;;/m0../s1/i6D2,7D2,8D2,9D2;;. The van der Waals surface area contributed by atoms with Gasteiger partial charge in [0.25, 0.3) is 0 Å². The molecule has 6 nitrogen and oxygen atoms in total. The molecule has 0 saturated heterocycles. The first-order chi connectivity index (χ1) is 14.3. The van der Waals surface area contributed by atoms with Gasteiger partial charge in [-0.2, -0.15) is 0 Å². The van der Waals surface area contributed by atoms with Crippen molar-refractivity contribution in [2.45, 2.75) is 18.9 Å². The lowest BCUT2D eigenvalue weighted by molar-refractivity contribution is -0.138. The van der Waals surface area contributed by atoms with Gasteiger partial charge in [-0.3, -0.25) is 4.79 Å². The van der Waals surface area contributed by atoms with Gasteiger partial charge in [0.2, 0.25) is 0 Å². The molecule has 0 saturated carbocycles. The smallest absolute Gasteiger partial charge is 0.320 e. The number of nitrogens with zero attached hydrogens (tertiary/aromatic N) is 3. The lowest BCUT2D eigenvalue weighted by Crippen LogP contribution is -2.30. The highest BCUT2D eigenvalue weighted by atomic mass is 35.5. The summed E-state index contributed by atoms with van der Waals surface area (Å²) in [6.07, 6.45) is 0.323. The highest BCUT2D eigenvalue weighted by molar-refractivity contribution is 6.18. The third-order valence-electron chi connectivity index (χ3n) is 3.52. The van der Waals surface area contributed by atoms with Gasteiger partial charge in [-0.15, -0.1) is 48.0 Å². The summed E-state index contributed by atoms with van der Waals surface area (Å²) in [6.45, 7) is -6.47. The van der Waals surface area contributed by atoms with Gasteiger partial charge in [-0.1, -0.05) is 0 Å². The Labute approximate surface area is 186 Å². The summed E-state index contributed by atoms with van der Waals surface area (Å²) in [7, 11) is 1.67. The van der Waals surface area contributed by atoms with Crippen LogP contribution in [0, 0.1) is 0 Å². The Morgan fingerprint density at radius 1 is 1.38 bits per heavy atom. The van der Waals surface area contributed by atoms with Gasteiger partial charge < -0.3 is 20.3 Å². The first-order valence-corrected chi connectivity index (χ1v) is 7.70. The summed E-state index contributed by atoms with van der Waals surface area (Å²) in [4.78, 5) is 15.5. The number of aliphatic carboxylic acids is 1. The van der Waals surface area contributed by atoms with Crippen LogP contribution in [0.1, 0.15) is 23.2 Å². The Bertz CT molecular complexity index is 987. The maximum absolute atomic E-state index is 10.9. The minimum atomic E-state index is -3.24. The highest BCUT2D eigenvalue weighted by Gasteiger charge is 2.15. The monoisotopic (exact) mass is 452 g/mol. The van der Waals surface area contributed by atoms with Crippen molar-refractivity contribution >= 4 is 70.7 Å².